The SMILES string of the molecule is Cc1c(C(=O)NCCO)sc2ncnc(NN3CC=CN=C3O[C@H]3CC[C@H](O)CC3)c12. The molecule has 2 aromatic heterocycles. The smallest absolute Gasteiger partial charge is 0.311 e. The second-order valence-electron chi connectivity index (χ2n) is 7.51. The average Bonchev–Trinajstić information content (AvgIpc) is 3.12. The van der Waals surface area contributed by atoms with Crippen molar-refractivity contribution in [2.24, 2.45) is 4.99 Å². The van der Waals surface area contributed by atoms with Crippen LogP contribution in [0, 0.1) is 6.92 Å². The van der Waals surface area contributed by atoms with E-state index in [1.807, 2.05) is 13.0 Å². The second kappa shape index (κ2) is 9.58. The Bertz CT molecular complexity index is 999. The number of amidine groups is 1. The Balaban J connectivity index is 1.54. The predicted molar refractivity (Wildman–Crippen MR) is 118 cm³/mol. The zero-order chi connectivity index (χ0) is 21.8. The van der Waals surface area contributed by atoms with E-state index in [4.69, 9.17) is 9.84 Å². The Morgan fingerprint density at radius 1 is 1.32 bits per heavy atom. The number of aryl methyl sites for hydroxylation is 1. The van der Waals surface area contributed by atoms with E-state index in [1.165, 1.54) is 17.7 Å². The number of anilines is 1. The summed E-state index contributed by atoms with van der Waals surface area (Å²) in [5.41, 5.74) is 4.04. The molecule has 0 atom stereocenters. The molecule has 4 N–H and O–H groups in total. The molecule has 166 valence electrons. The maximum atomic E-state index is 12.4. The van der Waals surface area contributed by atoms with Crippen LogP contribution in [0.1, 0.15) is 40.9 Å². The van der Waals surface area contributed by atoms with Gasteiger partial charge < -0.3 is 20.3 Å². The normalized spacial score (nSPS) is 21.1. The van der Waals surface area contributed by atoms with Crippen LogP contribution in [0.2, 0.25) is 0 Å². The number of hydrogen-bond donors (Lipinski definition) is 4. The van der Waals surface area contributed by atoms with Crippen molar-refractivity contribution in [1.29, 1.82) is 0 Å². The third kappa shape index (κ3) is 4.78. The number of fused-ring (bicyclic) bond motifs is 1. The van der Waals surface area contributed by atoms with Gasteiger partial charge in [0.15, 0.2) is 5.82 Å². The van der Waals surface area contributed by atoms with Gasteiger partial charge in [0, 0.05) is 12.7 Å². The highest BCUT2D eigenvalue weighted by molar-refractivity contribution is 7.20. The van der Waals surface area contributed by atoms with Gasteiger partial charge >= 0.3 is 6.02 Å². The molecule has 0 radical (unpaired) electrons. The fourth-order valence-electron chi connectivity index (χ4n) is 3.67. The van der Waals surface area contributed by atoms with E-state index in [1.54, 1.807) is 11.2 Å². The highest BCUT2D eigenvalue weighted by Crippen LogP contribution is 2.33. The molecule has 10 nitrogen and oxygen atoms in total. The quantitative estimate of drug-likeness (QED) is 0.526. The first-order chi connectivity index (χ1) is 15.1. The summed E-state index contributed by atoms with van der Waals surface area (Å²) in [5.74, 6) is 0.317. The fourth-order valence-corrected chi connectivity index (χ4v) is 4.73. The van der Waals surface area contributed by atoms with Crippen molar-refractivity contribution in [1.82, 2.24) is 20.3 Å². The second-order valence-corrected chi connectivity index (χ2v) is 8.50. The lowest BCUT2D eigenvalue weighted by molar-refractivity contribution is 0.0520. The highest BCUT2D eigenvalue weighted by atomic mass is 32.1. The molecule has 0 unspecified atom stereocenters. The van der Waals surface area contributed by atoms with Gasteiger partial charge in [-0.2, -0.15) is 0 Å². The lowest BCUT2D eigenvalue weighted by atomic mass is 9.95. The summed E-state index contributed by atoms with van der Waals surface area (Å²) in [5, 5.41) is 23.9. The fraction of sp³-hybridized carbons (Fsp3) is 0.500. The van der Waals surface area contributed by atoms with Crippen LogP contribution in [0.3, 0.4) is 0 Å². The van der Waals surface area contributed by atoms with Gasteiger partial charge in [0.2, 0.25) is 0 Å². The summed E-state index contributed by atoms with van der Waals surface area (Å²) < 4.78 is 6.12. The summed E-state index contributed by atoms with van der Waals surface area (Å²) in [7, 11) is 0. The zero-order valence-electron chi connectivity index (χ0n) is 17.2. The molecule has 0 bridgehead atoms. The molecule has 1 aliphatic carbocycles. The number of hydrogen-bond acceptors (Lipinski definition) is 10. The average molecular weight is 447 g/mol. The number of aliphatic imine (C=N–C) groups is 1. The monoisotopic (exact) mass is 446 g/mol. The van der Waals surface area contributed by atoms with Gasteiger partial charge in [-0.05, 0) is 44.2 Å². The third-order valence-electron chi connectivity index (χ3n) is 5.30. The van der Waals surface area contributed by atoms with Crippen LogP contribution < -0.4 is 10.7 Å². The third-order valence-corrected chi connectivity index (χ3v) is 6.49. The van der Waals surface area contributed by atoms with E-state index < -0.39 is 0 Å². The largest absolute Gasteiger partial charge is 0.460 e. The molecule has 2 aromatic rings. The zero-order valence-corrected chi connectivity index (χ0v) is 18.1. The van der Waals surface area contributed by atoms with Crippen molar-refractivity contribution in [3.8, 4) is 0 Å². The van der Waals surface area contributed by atoms with Gasteiger partial charge in [-0.1, -0.05) is 0 Å². The lowest BCUT2D eigenvalue weighted by Crippen LogP contribution is -2.42. The molecule has 1 aliphatic heterocycles. The van der Waals surface area contributed by atoms with Gasteiger partial charge in [-0.3, -0.25) is 10.2 Å². The molecule has 0 spiro atoms. The van der Waals surface area contributed by atoms with Crippen LogP contribution in [-0.2, 0) is 4.74 Å². The molecule has 2 aliphatic rings. The first-order valence-corrected chi connectivity index (χ1v) is 11.1. The Labute approximate surface area is 183 Å². The van der Waals surface area contributed by atoms with E-state index in [9.17, 15) is 9.90 Å². The molecule has 4 rings (SSSR count). The van der Waals surface area contributed by atoms with Crippen LogP contribution in [0.5, 0.6) is 0 Å². The number of hydrazine groups is 1. The topological polar surface area (TPSA) is 132 Å². The summed E-state index contributed by atoms with van der Waals surface area (Å²) in [6.07, 6.45) is 7.84. The number of nitrogens with one attached hydrogen (secondary N) is 2. The minimum absolute atomic E-state index is 0.00748. The highest BCUT2D eigenvalue weighted by Gasteiger charge is 2.26. The molecular weight excluding hydrogens is 420 g/mol. The predicted octanol–water partition coefficient (Wildman–Crippen LogP) is 1.55. The van der Waals surface area contributed by atoms with E-state index in [0.717, 1.165) is 36.6 Å². The first kappa shape index (κ1) is 21.5. The number of carbonyl (C=O) groups is 1. The van der Waals surface area contributed by atoms with E-state index in [2.05, 4.69) is 25.7 Å². The number of nitrogens with zero attached hydrogens (tertiary/aromatic N) is 4. The van der Waals surface area contributed by atoms with E-state index in [0.29, 0.717) is 28.1 Å². The molecule has 1 fully saturated rings. The van der Waals surface area contributed by atoms with Gasteiger partial charge in [-0.15, -0.1) is 11.3 Å². The van der Waals surface area contributed by atoms with Crippen LogP contribution in [0.15, 0.2) is 23.6 Å². The molecule has 1 amide bonds. The standard InChI is InChI=1S/C20H26N6O4S/c1-12-15-17(23-11-24-19(15)31-16(12)18(29)21-8-10-27)25-26-9-2-7-22-20(26)30-14-5-3-13(28)4-6-14/h2,7,11,13-14,27-28H,3-6,8-10H2,1H3,(H,21,29)(H,23,24,25)/t13-,14-. The Morgan fingerprint density at radius 2 is 2.13 bits per heavy atom. The summed E-state index contributed by atoms with van der Waals surface area (Å²) in [6.45, 7) is 2.47. The number of rotatable bonds is 6. The minimum Gasteiger partial charge on any atom is -0.460 e. The van der Waals surface area contributed by atoms with Crippen molar-refractivity contribution >= 4 is 39.3 Å². The van der Waals surface area contributed by atoms with Gasteiger partial charge in [0.05, 0.1) is 29.5 Å². The molecule has 0 saturated heterocycles. The van der Waals surface area contributed by atoms with Gasteiger partial charge in [0.25, 0.3) is 5.91 Å². The number of ether oxygens (including phenoxy) is 1. The van der Waals surface area contributed by atoms with Crippen molar-refractivity contribution in [2.45, 2.75) is 44.8 Å². The van der Waals surface area contributed by atoms with Gasteiger partial charge in [-0.25, -0.2) is 20.0 Å². The summed E-state index contributed by atoms with van der Waals surface area (Å²) >= 11 is 1.29. The van der Waals surface area contributed by atoms with Crippen molar-refractivity contribution in [2.75, 3.05) is 25.1 Å². The lowest BCUT2D eigenvalue weighted by Gasteiger charge is -2.32. The number of aliphatic hydroxyl groups is 2. The van der Waals surface area contributed by atoms with E-state index >= 15 is 0 Å². The Hall–Kier alpha value is -2.76. The number of aliphatic hydroxyl groups excluding tert-OH is 2. The minimum atomic E-state index is -0.248. The van der Waals surface area contributed by atoms with Crippen LogP contribution in [-0.4, -0.2) is 69.0 Å². The molecule has 11 heteroatoms. The first-order valence-electron chi connectivity index (χ1n) is 10.3. The Kier molecular flexibility index (Phi) is 6.64. The van der Waals surface area contributed by atoms with E-state index in [-0.39, 0.29) is 31.3 Å². The molecule has 0 aromatic carbocycles. The van der Waals surface area contributed by atoms with Crippen LogP contribution in [0.25, 0.3) is 10.2 Å². The molecular formula is C20H26N6O4S. The van der Waals surface area contributed by atoms with Crippen molar-refractivity contribution in [3.63, 3.8) is 0 Å². The number of thiophene rings is 1. The summed E-state index contributed by atoms with van der Waals surface area (Å²) in [6, 6.07) is 0.449. The summed E-state index contributed by atoms with van der Waals surface area (Å²) in [4.78, 5) is 26.8. The van der Waals surface area contributed by atoms with Crippen molar-refractivity contribution < 1.29 is 19.7 Å². The van der Waals surface area contributed by atoms with Crippen molar-refractivity contribution in [3.05, 3.63) is 29.0 Å². The number of amides is 1. The maximum Gasteiger partial charge on any atom is 0.311 e. The van der Waals surface area contributed by atoms with Crippen LogP contribution >= 0.6 is 11.3 Å². The molecule has 3 heterocycles. The number of carbonyl (C=O) groups excluding carboxylic acids is 1. The van der Waals surface area contributed by atoms with Crippen LogP contribution in [0.4, 0.5) is 5.82 Å². The molecule has 1 saturated carbocycles. The number of aromatic nitrogens is 2. The molecule has 31 heavy (non-hydrogen) atoms. The maximum absolute atomic E-state index is 12.4. The van der Waals surface area contributed by atoms with Gasteiger partial charge in [0.1, 0.15) is 17.3 Å². The Morgan fingerprint density at radius 3 is 2.90 bits per heavy atom.